The lowest BCUT2D eigenvalue weighted by molar-refractivity contribution is -0.133. The molecule has 3 N–H and O–H groups in total. The van der Waals surface area contributed by atoms with E-state index in [1.807, 2.05) is 13.8 Å². The molecule has 21 heavy (non-hydrogen) atoms. The van der Waals surface area contributed by atoms with E-state index in [0.29, 0.717) is 13.1 Å². The lowest BCUT2D eigenvalue weighted by Gasteiger charge is -2.28. The maximum absolute atomic E-state index is 11.4. The van der Waals surface area contributed by atoms with Crippen LogP contribution in [0.2, 0.25) is 0 Å². The Balaban J connectivity index is 4.60. The van der Waals surface area contributed by atoms with Gasteiger partial charge in [-0.3, -0.25) is 19.3 Å². The van der Waals surface area contributed by atoms with Gasteiger partial charge in [0.1, 0.15) is 5.78 Å². The molecule has 0 fully saturated rings. The topological polar surface area (TPSA) is 104 Å². The Bertz CT molecular complexity index is 371. The summed E-state index contributed by atoms with van der Waals surface area (Å²) in [4.78, 5) is 36.7. The number of aliphatic hydroxyl groups is 1. The summed E-state index contributed by atoms with van der Waals surface area (Å²) >= 11 is 0. The molecule has 7 nitrogen and oxygen atoms in total. The average molecular weight is 301 g/mol. The lowest BCUT2D eigenvalue weighted by atomic mass is 10.1. The number of nitrogens with two attached hydrogens (primary N) is 1. The monoisotopic (exact) mass is 301 g/mol. The normalized spacial score (nSPS) is 12.5. The fourth-order valence-electron chi connectivity index (χ4n) is 1.82. The number of rotatable bonds is 10. The van der Waals surface area contributed by atoms with Crippen LogP contribution in [0.4, 0.5) is 0 Å². The minimum absolute atomic E-state index is 0.0183. The van der Waals surface area contributed by atoms with Crippen LogP contribution in [-0.2, 0) is 14.4 Å². The van der Waals surface area contributed by atoms with Gasteiger partial charge in [0.15, 0.2) is 0 Å². The largest absolute Gasteiger partial charge is 0.392 e. The Hall–Kier alpha value is -1.47. The van der Waals surface area contributed by atoms with Crippen LogP contribution in [0.5, 0.6) is 0 Å². The fourth-order valence-corrected chi connectivity index (χ4v) is 1.82. The number of carbonyl (C=O) groups excluding carboxylic acids is 3. The summed E-state index contributed by atoms with van der Waals surface area (Å²) in [5, 5.41) is 9.92. The molecule has 1 atom stereocenters. The fraction of sp³-hybridized carbons (Fsp3) is 0.786. The lowest BCUT2D eigenvalue weighted by Crippen LogP contribution is -2.45. The zero-order valence-electron chi connectivity index (χ0n) is 13.3. The number of carbonyl (C=O) groups is 3. The second kappa shape index (κ2) is 9.46. The van der Waals surface area contributed by atoms with Crippen molar-refractivity contribution in [2.45, 2.75) is 33.8 Å². The molecule has 0 aliphatic heterocycles. The average Bonchev–Trinajstić information content (AvgIpc) is 2.32. The van der Waals surface area contributed by atoms with Crippen LogP contribution >= 0.6 is 0 Å². The van der Waals surface area contributed by atoms with E-state index in [4.69, 9.17) is 5.73 Å². The zero-order chi connectivity index (χ0) is 16.6. The molecule has 2 amide bonds. The van der Waals surface area contributed by atoms with E-state index in [-0.39, 0.29) is 37.2 Å². The molecule has 0 aliphatic carbocycles. The van der Waals surface area contributed by atoms with E-state index in [1.54, 1.807) is 4.90 Å². The highest BCUT2D eigenvalue weighted by Crippen LogP contribution is 2.04. The third-order valence-electron chi connectivity index (χ3n) is 3.14. The number of nitrogens with zero attached hydrogens (tertiary/aromatic N) is 2. The summed E-state index contributed by atoms with van der Waals surface area (Å²) in [6, 6.07) is 0. The van der Waals surface area contributed by atoms with Gasteiger partial charge in [-0.05, 0) is 12.8 Å². The Morgan fingerprint density at radius 1 is 1.10 bits per heavy atom. The summed E-state index contributed by atoms with van der Waals surface area (Å²) in [5.74, 6) is -0.768. The number of primary amides is 1. The van der Waals surface area contributed by atoms with Crippen molar-refractivity contribution in [3.8, 4) is 0 Å². The second-order valence-electron chi connectivity index (χ2n) is 5.66. The van der Waals surface area contributed by atoms with Crippen molar-refractivity contribution in [3.05, 3.63) is 0 Å². The van der Waals surface area contributed by atoms with Gasteiger partial charge in [0.25, 0.3) is 0 Å². The van der Waals surface area contributed by atoms with Gasteiger partial charge >= 0.3 is 0 Å². The SMILES string of the molecule is CC(=O)CN(CCN(CC(N)=O)C(C)=O)CC(O)C(C)C. The first-order valence-corrected chi connectivity index (χ1v) is 7.07. The predicted octanol–water partition coefficient (Wildman–Crippen LogP) is -0.772. The quantitative estimate of drug-likeness (QED) is 0.551. The van der Waals surface area contributed by atoms with Crippen molar-refractivity contribution in [2.75, 3.05) is 32.7 Å². The Kier molecular flexibility index (Phi) is 8.80. The van der Waals surface area contributed by atoms with Crippen LogP contribution in [0, 0.1) is 5.92 Å². The predicted molar refractivity (Wildman–Crippen MR) is 79.4 cm³/mol. The van der Waals surface area contributed by atoms with E-state index in [2.05, 4.69) is 0 Å². The zero-order valence-corrected chi connectivity index (χ0v) is 13.3. The van der Waals surface area contributed by atoms with Gasteiger partial charge in [0, 0.05) is 26.6 Å². The molecule has 7 heteroatoms. The van der Waals surface area contributed by atoms with Crippen LogP contribution in [0.1, 0.15) is 27.7 Å². The van der Waals surface area contributed by atoms with E-state index in [9.17, 15) is 19.5 Å². The number of hydrogen-bond acceptors (Lipinski definition) is 5. The van der Waals surface area contributed by atoms with E-state index >= 15 is 0 Å². The summed E-state index contributed by atoms with van der Waals surface area (Å²) in [5.41, 5.74) is 5.10. The van der Waals surface area contributed by atoms with Gasteiger partial charge in [0.05, 0.1) is 19.2 Å². The summed E-state index contributed by atoms with van der Waals surface area (Å²) < 4.78 is 0. The first kappa shape index (κ1) is 19.5. The molecule has 0 aliphatic rings. The molecule has 0 saturated heterocycles. The summed E-state index contributed by atoms with van der Waals surface area (Å²) in [7, 11) is 0. The van der Waals surface area contributed by atoms with E-state index in [0.717, 1.165) is 0 Å². The highest BCUT2D eigenvalue weighted by Gasteiger charge is 2.18. The number of aliphatic hydroxyl groups excluding tert-OH is 1. The Morgan fingerprint density at radius 2 is 1.67 bits per heavy atom. The van der Waals surface area contributed by atoms with E-state index < -0.39 is 12.0 Å². The van der Waals surface area contributed by atoms with Crippen LogP contribution in [-0.4, -0.2) is 71.3 Å². The van der Waals surface area contributed by atoms with Crippen molar-refractivity contribution in [2.24, 2.45) is 11.7 Å². The summed E-state index contributed by atoms with van der Waals surface area (Å²) in [6.45, 7) is 7.72. The molecule has 0 aromatic carbocycles. The van der Waals surface area contributed by atoms with Crippen molar-refractivity contribution < 1.29 is 19.5 Å². The smallest absolute Gasteiger partial charge is 0.237 e. The van der Waals surface area contributed by atoms with Gasteiger partial charge in [0.2, 0.25) is 11.8 Å². The minimum Gasteiger partial charge on any atom is -0.392 e. The van der Waals surface area contributed by atoms with Gasteiger partial charge in [-0.25, -0.2) is 0 Å². The standard InChI is InChI=1S/C14H27N3O4/c1-10(2)13(20)8-16(7-11(3)18)5-6-17(12(4)19)9-14(15)21/h10,13,20H,5-9H2,1-4H3,(H2,15,21). The molecule has 0 aromatic rings. The highest BCUT2D eigenvalue weighted by molar-refractivity contribution is 5.82. The van der Waals surface area contributed by atoms with Crippen LogP contribution in [0.25, 0.3) is 0 Å². The Labute approximate surface area is 126 Å². The molecule has 0 aromatic heterocycles. The first-order valence-electron chi connectivity index (χ1n) is 7.07. The number of hydrogen-bond donors (Lipinski definition) is 2. The van der Waals surface area contributed by atoms with Gasteiger partial charge < -0.3 is 15.7 Å². The number of ketones is 1. The number of amides is 2. The van der Waals surface area contributed by atoms with Gasteiger partial charge in [-0.15, -0.1) is 0 Å². The van der Waals surface area contributed by atoms with Crippen LogP contribution < -0.4 is 5.73 Å². The molecular formula is C14H27N3O4. The Morgan fingerprint density at radius 3 is 2.05 bits per heavy atom. The molecule has 0 spiro atoms. The molecule has 0 saturated carbocycles. The maximum Gasteiger partial charge on any atom is 0.237 e. The van der Waals surface area contributed by atoms with Crippen LogP contribution in [0.15, 0.2) is 0 Å². The van der Waals surface area contributed by atoms with Gasteiger partial charge in [-0.2, -0.15) is 0 Å². The molecule has 0 radical (unpaired) electrons. The third kappa shape index (κ3) is 9.14. The third-order valence-corrected chi connectivity index (χ3v) is 3.14. The molecule has 122 valence electrons. The highest BCUT2D eigenvalue weighted by atomic mass is 16.3. The van der Waals surface area contributed by atoms with E-state index in [1.165, 1.54) is 18.7 Å². The van der Waals surface area contributed by atoms with Crippen molar-refractivity contribution in [3.63, 3.8) is 0 Å². The molecule has 0 bridgehead atoms. The van der Waals surface area contributed by atoms with Crippen molar-refractivity contribution in [1.29, 1.82) is 0 Å². The summed E-state index contributed by atoms with van der Waals surface area (Å²) in [6.07, 6.45) is -0.550. The first-order chi connectivity index (χ1) is 9.63. The van der Waals surface area contributed by atoms with Crippen LogP contribution in [0.3, 0.4) is 0 Å². The molecule has 0 heterocycles. The second-order valence-corrected chi connectivity index (χ2v) is 5.66. The molecule has 0 rings (SSSR count). The molecule has 1 unspecified atom stereocenters. The number of Topliss-reactive ketones (excluding diaryl/α,β-unsaturated/α-hetero) is 1. The maximum atomic E-state index is 11.4. The van der Waals surface area contributed by atoms with Gasteiger partial charge in [-0.1, -0.05) is 13.8 Å². The molecular weight excluding hydrogens is 274 g/mol. The minimum atomic E-state index is -0.578. The van der Waals surface area contributed by atoms with Crippen molar-refractivity contribution in [1.82, 2.24) is 9.80 Å². The van der Waals surface area contributed by atoms with Crippen molar-refractivity contribution >= 4 is 17.6 Å².